The molecule has 0 bridgehead atoms. The zero-order valence-electron chi connectivity index (χ0n) is 17.7. The monoisotopic (exact) mass is 451 g/mol. The van der Waals surface area contributed by atoms with Gasteiger partial charge in [0.1, 0.15) is 5.75 Å². The van der Waals surface area contributed by atoms with Gasteiger partial charge in [-0.1, -0.05) is 24.3 Å². The van der Waals surface area contributed by atoms with E-state index in [1.54, 1.807) is 48.8 Å². The highest BCUT2D eigenvalue weighted by atomic mass is 32.2. The lowest BCUT2D eigenvalue weighted by atomic mass is 10.2. The van der Waals surface area contributed by atoms with E-state index in [4.69, 9.17) is 0 Å². The van der Waals surface area contributed by atoms with Crippen molar-refractivity contribution in [2.24, 2.45) is 0 Å². The van der Waals surface area contributed by atoms with Crippen LogP contribution in [0.2, 0.25) is 0 Å². The van der Waals surface area contributed by atoms with Gasteiger partial charge in [-0.3, -0.25) is 0 Å². The molecule has 4 rings (SSSR count). The minimum absolute atomic E-state index is 0.213. The van der Waals surface area contributed by atoms with Crippen LogP contribution < -0.4 is 10.6 Å². The number of sulfonamides is 1. The number of aromatic hydroxyl groups is 1. The molecule has 1 aliphatic rings. The lowest BCUT2D eigenvalue weighted by Crippen LogP contribution is -2.46. The van der Waals surface area contributed by atoms with E-state index in [1.165, 1.54) is 4.31 Å². The Morgan fingerprint density at radius 3 is 2.44 bits per heavy atom. The molecule has 9 heteroatoms. The Hall–Kier alpha value is -3.27. The molecule has 0 aliphatic carbocycles. The predicted octanol–water partition coefficient (Wildman–Crippen LogP) is 3.00. The fourth-order valence-corrected chi connectivity index (χ4v) is 4.93. The molecule has 8 nitrogen and oxygen atoms in total. The molecule has 0 spiro atoms. The molecule has 1 saturated heterocycles. The zero-order valence-corrected chi connectivity index (χ0v) is 18.5. The van der Waals surface area contributed by atoms with Crippen molar-refractivity contribution >= 4 is 33.8 Å². The Bertz CT molecular complexity index is 1220. The second kappa shape index (κ2) is 9.47. The summed E-state index contributed by atoms with van der Waals surface area (Å²) in [5, 5.41) is 15.8. The third-order valence-electron chi connectivity index (χ3n) is 5.17. The Kier molecular flexibility index (Phi) is 6.50. The van der Waals surface area contributed by atoms with Crippen molar-refractivity contribution in [3.05, 3.63) is 71.5 Å². The van der Waals surface area contributed by atoms with E-state index < -0.39 is 10.0 Å². The number of piperazine rings is 1. The summed E-state index contributed by atoms with van der Waals surface area (Å²) in [5.41, 5.74) is 3.22. The maximum atomic E-state index is 12.9. The summed E-state index contributed by atoms with van der Waals surface area (Å²) in [6, 6.07) is 12.0. The average Bonchev–Trinajstić information content (AvgIpc) is 2.80. The van der Waals surface area contributed by atoms with Crippen LogP contribution in [0.4, 0.5) is 11.6 Å². The summed E-state index contributed by atoms with van der Waals surface area (Å²) in [6.45, 7) is 4.12. The first-order valence-electron chi connectivity index (χ1n) is 10.3. The number of nitrogens with zero attached hydrogens (tertiary/aromatic N) is 3. The van der Waals surface area contributed by atoms with E-state index in [2.05, 4.69) is 20.6 Å². The molecule has 32 heavy (non-hydrogen) atoms. The summed E-state index contributed by atoms with van der Waals surface area (Å²) in [7, 11) is -3.50. The third kappa shape index (κ3) is 5.13. The van der Waals surface area contributed by atoms with E-state index in [0.717, 1.165) is 22.4 Å². The van der Waals surface area contributed by atoms with Crippen LogP contribution in [0.5, 0.6) is 5.75 Å². The molecule has 166 valence electrons. The van der Waals surface area contributed by atoms with Crippen LogP contribution in [0, 0.1) is 6.92 Å². The Labute approximate surface area is 187 Å². The third-order valence-corrected chi connectivity index (χ3v) is 7.06. The Balaban J connectivity index is 1.45. The van der Waals surface area contributed by atoms with Crippen LogP contribution in [0.1, 0.15) is 16.7 Å². The van der Waals surface area contributed by atoms with Gasteiger partial charge < -0.3 is 15.7 Å². The molecule has 3 aromatic rings. The molecular formula is C23H25N5O3S. The van der Waals surface area contributed by atoms with Crippen molar-refractivity contribution in [2.75, 3.05) is 31.5 Å². The molecule has 0 saturated carbocycles. The lowest BCUT2D eigenvalue weighted by molar-refractivity contribution is 0.360. The van der Waals surface area contributed by atoms with Crippen LogP contribution in [-0.4, -0.2) is 54.0 Å². The molecule has 0 atom stereocenters. The van der Waals surface area contributed by atoms with E-state index in [0.29, 0.717) is 32.1 Å². The number of hydrogen-bond donors (Lipinski definition) is 3. The molecule has 3 N–H and O–H groups in total. The van der Waals surface area contributed by atoms with Gasteiger partial charge in [0, 0.05) is 49.8 Å². The average molecular weight is 452 g/mol. The molecule has 2 aromatic carbocycles. The van der Waals surface area contributed by atoms with Gasteiger partial charge in [-0.2, -0.15) is 4.31 Å². The number of phenols is 1. The minimum Gasteiger partial charge on any atom is -0.508 e. The Morgan fingerprint density at radius 1 is 1.03 bits per heavy atom. The van der Waals surface area contributed by atoms with Crippen molar-refractivity contribution in [1.82, 2.24) is 19.6 Å². The SMILES string of the molecule is Cc1cc(S(=O)(=O)N2CCNCC2)ccc1Nc1ncc(/C=C/c2cccc(O)c2)cn1. The van der Waals surface area contributed by atoms with Crippen LogP contribution in [0.25, 0.3) is 12.2 Å². The first-order chi connectivity index (χ1) is 15.4. The van der Waals surface area contributed by atoms with Crippen molar-refractivity contribution in [2.45, 2.75) is 11.8 Å². The van der Waals surface area contributed by atoms with Gasteiger partial charge in [-0.25, -0.2) is 18.4 Å². The number of aromatic nitrogens is 2. The van der Waals surface area contributed by atoms with Crippen LogP contribution in [0.3, 0.4) is 0 Å². The quantitative estimate of drug-likeness (QED) is 0.529. The number of nitrogens with one attached hydrogen (secondary N) is 2. The topological polar surface area (TPSA) is 107 Å². The number of anilines is 2. The minimum atomic E-state index is -3.50. The van der Waals surface area contributed by atoms with E-state index in [-0.39, 0.29) is 10.6 Å². The van der Waals surface area contributed by atoms with Crippen LogP contribution in [0.15, 0.2) is 59.8 Å². The maximum Gasteiger partial charge on any atom is 0.243 e. The van der Waals surface area contributed by atoms with Crippen LogP contribution in [-0.2, 0) is 10.0 Å². The molecule has 0 unspecified atom stereocenters. The van der Waals surface area contributed by atoms with Gasteiger partial charge in [0.25, 0.3) is 0 Å². The molecule has 0 amide bonds. The van der Waals surface area contributed by atoms with Gasteiger partial charge >= 0.3 is 0 Å². The van der Waals surface area contributed by atoms with Gasteiger partial charge in [-0.15, -0.1) is 0 Å². The summed E-state index contributed by atoms with van der Waals surface area (Å²) in [4.78, 5) is 8.95. The lowest BCUT2D eigenvalue weighted by Gasteiger charge is -2.26. The van der Waals surface area contributed by atoms with Crippen molar-refractivity contribution < 1.29 is 13.5 Å². The second-order valence-electron chi connectivity index (χ2n) is 7.52. The molecule has 1 aliphatic heterocycles. The summed E-state index contributed by atoms with van der Waals surface area (Å²) < 4.78 is 27.2. The standard InChI is InChI=1S/C23H25N5O3S/c1-17-13-21(32(30,31)28-11-9-24-10-12-28)7-8-22(17)27-23-25-15-19(16-26-23)6-5-18-3-2-4-20(29)14-18/h2-8,13-16,24,29H,9-12H2,1H3,(H,25,26,27)/b6-5+. The van der Waals surface area contributed by atoms with Crippen molar-refractivity contribution in [3.63, 3.8) is 0 Å². The van der Waals surface area contributed by atoms with Crippen molar-refractivity contribution in [3.8, 4) is 5.75 Å². The normalized spacial score (nSPS) is 15.2. The molecule has 2 heterocycles. The van der Waals surface area contributed by atoms with Crippen LogP contribution >= 0.6 is 0 Å². The zero-order chi connectivity index (χ0) is 22.6. The van der Waals surface area contributed by atoms with Gasteiger partial charge in [0.2, 0.25) is 16.0 Å². The fraction of sp³-hybridized carbons (Fsp3) is 0.217. The van der Waals surface area contributed by atoms with E-state index in [9.17, 15) is 13.5 Å². The smallest absolute Gasteiger partial charge is 0.243 e. The Morgan fingerprint density at radius 2 is 1.75 bits per heavy atom. The van der Waals surface area contributed by atoms with E-state index >= 15 is 0 Å². The predicted molar refractivity (Wildman–Crippen MR) is 125 cm³/mol. The molecule has 1 aromatic heterocycles. The highest BCUT2D eigenvalue weighted by molar-refractivity contribution is 7.89. The maximum absolute atomic E-state index is 12.9. The molecular weight excluding hydrogens is 426 g/mol. The second-order valence-corrected chi connectivity index (χ2v) is 9.46. The summed E-state index contributed by atoms with van der Waals surface area (Å²) >= 11 is 0. The first kappa shape index (κ1) is 21.9. The number of aryl methyl sites for hydroxylation is 1. The molecule has 0 radical (unpaired) electrons. The van der Waals surface area contributed by atoms with Gasteiger partial charge in [0.15, 0.2) is 0 Å². The highest BCUT2D eigenvalue weighted by Crippen LogP contribution is 2.24. The fourth-order valence-electron chi connectivity index (χ4n) is 3.40. The number of phenolic OH excluding ortho intramolecular Hbond substituents is 1. The summed E-state index contributed by atoms with van der Waals surface area (Å²) in [5.74, 6) is 0.630. The number of hydrogen-bond acceptors (Lipinski definition) is 7. The number of benzene rings is 2. The largest absolute Gasteiger partial charge is 0.508 e. The van der Waals surface area contributed by atoms with Gasteiger partial charge in [0.05, 0.1) is 4.90 Å². The number of rotatable bonds is 6. The first-order valence-corrected chi connectivity index (χ1v) is 11.7. The van der Waals surface area contributed by atoms with Crippen molar-refractivity contribution in [1.29, 1.82) is 0 Å². The summed E-state index contributed by atoms with van der Waals surface area (Å²) in [6.07, 6.45) is 7.10. The molecule has 1 fully saturated rings. The van der Waals surface area contributed by atoms with E-state index in [1.807, 2.05) is 25.1 Å². The van der Waals surface area contributed by atoms with Gasteiger partial charge in [-0.05, 0) is 48.4 Å². The highest BCUT2D eigenvalue weighted by Gasteiger charge is 2.26.